The summed E-state index contributed by atoms with van der Waals surface area (Å²) in [7, 11) is -5.39. The molecule has 2 aromatic carbocycles. The number of thiocarbonyl (C=S) groups is 1. The van der Waals surface area contributed by atoms with Crippen LogP contribution in [0.1, 0.15) is 36.4 Å². The maximum Gasteiger partial charge on any atom is 0.511 e. The molecule has 1 amide bonds. The molecular weight excluding hydrogens is 615 g/mol. The number of rotatable bonds is 7. The summed E-state index contributed by atoms with van der Waals surface area (Å²) < 4.78 is 65.7. The van der Waals surface area contributed by atoms with E-state index in [0.29, 0.717) is 22.8 Å². The van der Waals surface area contributed by atoms with Gasteiger partial charge in [0.2, 0.25) is 5.91 Å². The van der Waals surface area contributed by atoms with E-state index in [1.165, 1.54) is 0 Å². The minimum Gasteiger partial charge on any atom is -0.392 e. The van der Waals surface area contributed by atoms with Gasteiger partial charge < -0.3 is 26.0 Å². The van der Waals surface area contributed by atoms with Gasteiger partial charge in [0.15, 0.2) is 0 Å². The highest BCUT2D eigenvalue weighted by molar-refractivity contribution is 7.90. The van der Waals surface area contributed by atoms with Crippen molar-refractivity contribution >= 4 is 56.4 Å². The number of aromatic nitrogens is 1. The molecule has 0 saturated carbocycles. The number of carbonyl (C=O) groups excluding carboxylic acids is 1. The topological polar surface area (TPSA) is 130 Å². The van der Waals surface area contributed by atoms with Crippen LogP contribution in [0.5, 0.6) is 0 Å². The zero-order valence-corrected chi connectivity index (χ0v) is 24.8. The first-order valence-corrected chi connectivity index (χ1v) is 15.0. The Kier molecular flexibility index (Phi) is 9.55. The number of β-amino-alcohol motifs (C(OH)–C–C–N with tert-alkyl or cyclic N) is 1. The number of halogens is 4. The van der Waals surface area contributed by atoms with Crippen molar-refractivity contribution in [3.8, 4) is 11.1 Å². The van der Waals surface area contributed by atoms with Crippen LogP contribution in [0.3, 0.4) is 0 Å². The minimum atomic E-state index is -5.39. The summed E-state index contributed by atoms with van der Waals surface area (Å²) in [5.41, 5.74) is 4.52. The van der Waals surface area contributed by atoms with Gasteiger partial charge in [-0.1, -0.05) is 42.5 Å². The summed E-state index contributed by atoms with van der Waals surface area (Å²) >= 11 is 5.14. The number of sulfonamides is 1. The molecule has 5 N–H and O–H groups in total. The number of benzene rings is 2. The second-order valence-electron chi connectivity index (χ2n) is 10.4. The summed E-state index contributed by atoms with van der Waals surface area (Å²) in [6, 6.07) is 12.5. The van der Waals surface area contributed by atoms with Crippen molar-refractivity contribution in [3.05, 3.63) is 59.8 Å². The molecule has 2 aliphatic heterocycles. The minimum absolute atomic E-state index is 0. The molecular formula is C27H31ClF3N5O4S2. The number of carbonyl (C=O) groups is 1. The first-order chi connectivity index (χ1) is 19.3. The molecule has 0 aliphatic carbocycles. The number of hydrogen-bond acceptors (Lipinski definition) is 6. The van der Waals surface area contributed by atoms with Crippen LogP contribution in [0.4, 0.5) is 13.2 Å². The molecule has 2 saturated heterocycles. The van der Waals surface area contributed by atoms with Gasteiger partial charge in [0.25, 0.3) is 0 Å². The number of fused-ring (bicyclic) bond motifs is 1. The molecule has 3 aromatic rings. The van der Waals surface area contributed by atoms with E-state index in [1.807, 2.05) is 47.2 Å². The second kappa shape index (κ2) is 12.5. The van der Waals surface area contributed by atoms with Gasteiger partial charge in [-0.3, -0.25) is 4.79 Å². The zero-order valence-electron chi connectivity index (χ0n) is 22.3. The molecule has 0 spiro atoms. The Hall–Kier alpha value is -2.75. The lowest BCUT2D eigenvalue weighted by atomic mass is 10.0. The highest BCUT2D eigenvalue weighted by atomic mass is 35.5. The molecule has 228 valence electrons. The fourth-order valence-corrected chi connectivity index (χ4v) is 6.63. The van der Waals surface area contributed by atoms with E-state index in [9.17, 15) is 31.5 Å². The second-order valence-corrected chi connectivity index (χ2v) is 12.8. The van der Waals surface area contributed by atoms with Gasteiger partial charge in [-0.25, -0.2) is 8.42 Å². The number of alkyl halides is 3. The van der Waals surface area contributed by atoms with Crippen molar-refractivity contribution < 1.29 is 31.5 Å². The first-order valence-electron chi connectivity index (χ1n) is 13.1. The molecule has 5 rings (SSSR count). The standard InChI is InChI=1S/C27H30F3N5O4S2.ClH/c28-27(29,30)41(38,39)34-8-6-19(7-9-34)35-15-22(17-2-1-3-18(11-17)25(31)40)21-5-4-16(10-24(21)35)13-33-26(37)23-12-20(36)14-32-23;/h1-5,10-11,15,19-20,23,32,36H,6-9,12-14H2,(H2,31,40)(H,33,37);1H/t20-,23-;/m0./s1. The molecule has 2 atom stereocenters. The van der Waals surface area contributed by atoms with Crippen LogP contribution < -0.4 is 16.4 Å². The predicted molar refractivity (Wildman–Crippen MR) is 160 cm³/mol. The van der Waals surface area contributed by atoms with Crippen molar-refractivity contribution in [2.75, 3.05) is 19.6 Å². The molecule has 2 fully saturated rings. The van der Waals surface area contributed by atoms with E-state index in [4.69, 9.17) is 18.0 Å². The van der Waals surface area contributed by atoms with E-state index < -0.39 is 27.7 Å². The number of amides is 1. The number of nitrogens with zero attached hydrogens (tertiary/aromatic N) is 2. The Balaban J connectivity index is 0.00000405. The Morgan fingerprint density at radius 2 is 1.88 bits per heavy atom. The zero-order chi connectivity index (χ0) is 29.5. The van der Waals surface area contributed by atoms with Crippen molar-refractivity contribution in [1.82, 2.24) is 19.5 Å². The van der Waals surface area contributed by atoms with E-state index in [2.05, 4.69) is 10.6 Å². The Morgan fingerprint density at radius 1 is 1.17 bits per heavy atom. The number of hydrogen-bond donors (Lipinski definition) is 4. The lowest BCUT2D eigenvalue weighted by Crippen LogP contribution is -2.45. The fourth-order valence-electron chi connectivity index (χ4n) is 5.52. The van der Waals surface area contributed by atoms with Crippen LogP contribution >= 0.6 is 24.6 Å². The highest BCUT2D eigenvalue weighted by Gasteiger charge is 2.50. The van der Waals surface area contributed by atoms with Crippen LogP contribution in [0.25, 0.3) is 22.0 Å². The van der Waals surface area contributed by atoms with Crippen molar-refractivity contribution in [2.24, 2.45) is 5.73 Å². The van der Waals surface area contributed by atoms with Gasteiger partial charge in [-0.05, 0) is 42.5 Å². The lowest BCUT2D eigenvalue weighted by Gasteiger charge is -2.32. The maximum atomic E-state index is 13.1. The highest BCUT2D eigenvalue weighted by Crippen LogP contribution is 2.38. The monoisotopic (exact) mass is 645 g/mol. The maximum absolute atomic E-state index is 13.1. The van der Waals surface area contributed by atoms with Crippen molar-refractivity contribution in [1.29, 1.82) is 0 Å². The lowest BCUT2D eigenvalue weighted by molar-refractivity contribution is -0.123. The van der Waals surface area contributed by atoms with E-state index in [0.717, 1.165) is 27.6 Å². The Morgan fingerprint density at radius 3 is 2.50 bits per heavy atom. The van der Waals surface area contributed by atoms with Gasteiger partial charge >= 0.3 is 15.5 Å². The molecule has 1 aromatic heterocycles. The molecule has 42 heavy (non-hydrogen) atoms. The first kappa shape index (κ1) is 32.2. The summed E-state index contributed by atoms with van der Waals surface area (Å²) in [6.07, 6.45) is 2.09. The average Bonchev–Trinajstić information content (AvgIpc) is 3.55. The summed E-state index contributed by atoms with van der Waals surface area (Å²) in [4.78, 5) is 12.8. The normalized spacial score (nSPS) is 20.4. The molecule has 9 nitrogen and oxygen atoms in total. The average molecular weight is 646 g/mol. The quantitative estimate of drug-likeness (QED) is 0.291. The number of piperidine rings is 1. The van der Waals surface area contributed by atoms with Crippen LogP contribution in [0.2, 0.25) is 0 Å². The number of nitrogens with two attached hydrogens (primary N) is 1. The van der Waals surface area contributed by atoms with Crippen LogP contribution in [0.15, 0.2) is 48.7 Å². The van der Waals surface area contributed by atoms with Crippen molar-refractivity contribution in [2.45, 2.75) is 49.5 Å². The van der Waals surface area contributed by atoms with E-state index in [1.54, 1.807) is 6.07 Å². The summed E-state index contributed by atoms with van der Waals surface area (Å²) in [5, 5.41) is 16.5. The molecule has 3 heterocycles. The van der Waals surface area contributed by atoms with Gasteiger partial charge in [0, 0.05) is 60.4 Å². The van der Waals surface area contributed by atoms with Crippen LogP contribution in [-0.4, -0.2) is 70.6 Å². The predicted octanol–water partition coefficient (Wildman–Crippen LogP) is 3.19. The van der Waals surface area contributed by atoms with Crippen LogP contribution in [-0.2, 0) is 21.4 Å². The van der Waals surface area contributed by atoms with Gasteiger partial charge in [-0.2, -0.15) is 17.5 Å². The largest absolute Gasteiger partial charge is 0.511 e. The molecule has 2 aliphatic rings. The number of nitrogens with one attached hydrogen (secondary N) is 2. The van der Waals surface area contributed by atoms with E-state index in [-0.39, 0.29) is 61.8 Å². The van der Waals surface area contributed by atoms with Gasteiger partial charge in [-0.15, -0.1) is 12.4 Å². The molecule has 0 bridgehead atoms. The third-order valence-electron chi connectivity index (χ3n) is 7.70. The third-order valence-corrected chi connectivity index (χ3v) is 9.56. The van der Waals surface area contributed by atoms with E-state index >= 15 is 0 Å². The van der Waals surface area contributed by atoms with Gasteiger partial charge in [0.05, 0.1) is 12.1 Å². The Bertz CT molecular complexity index is 1590. The Labute approximate surface area is 252 Å². The molecule has 0 unspecified atom stereocenters. The smallest absolute Gasteiger partial charge is 0.392 e. The number of aliphatic hydroxyl groups excluding tert-OH is 1. The SMILES string of the molecule is Cl.NC(=S)c1cccc(-c2cn(C3CCN(S(=O)(=O)C(F)(F)F)CC3)c3cc(CNC(=O)[C@@H]4C[C@H](O)CN4)ccc23)c1. The molecule has 15 heteroatoms. The van der Waals surface area contributed by atoms with Crippen molar-refractivity contribution in [3.63, 3.8) is 0 Å². The summed E-state index contributed by atoms with van der Waals surface area (Å²) in [6.45, 7) is 0.0884. The third kappa shape index (κ3) is 6.43. The molecule has 0 radical (unpaired) electrons. The summed E-state index contributed by atoms with van der Waals surface area (Å²) in [5.74, 6) is -0.217. The fraction of sp³-hybridized carbons (Fsp3) is 0.407. The van der Waals surface area contributed by atoms with Gasteiger partial charge in [0.1, 0.15) is 4.99 Å². The number of aliphatic hydroxyl groups is 1. The van der Waals surface area contributed by atoms with Crippen LogP contribution in [0, 0.1) is 0 Å².